The predicted molar refractivity (Wildman–Crippen MR) is 143 cm³/mol. The monoisotopic (exact) mass is 553 g/mol. The molecule has 0 radical (unpaired) electrons. The maximum absolute atomic E-state index is 12.4. The molecule has 39 heavy (non-hydrogen) atoms. The lowest BCUT2D eigenvalue weighted by Crippen LogP contribution is -2.40. The second-order valence-corrected chi connectivity index (χ2v) is 11.8. The van der Waals surface area contributed by atoms with Gasteiger partial charge < -0.3 is 34.5 Å². The SMILES string of the molecule is CC(C)CCC(=O)OCC(C)C(c1ccc(OC(=O)OC(C)(C)C)c(OC(=O)OC(C)(C)C)c1)[C@H](N)C(=O)O. The van der Waals surface area contributed by atoms with Crippen molar-refractivity contribution in [3.05, 3.63) is 23.8 Å². The first-order valence-corrected chi connectivity index (χ1v) is 12.9. The Balaban J connectivity index is 3.36. The Labute approximate surface area is 230 Å². The van der Waals surface area contributed by atoms with Crippen LogP contribution in [0.1, 0.15) is 86.6 Å². The molecule has 0 saturated heterocycles. The molecule has 0 fully saturated rings. The molecule has 1 aromatic carbocycles. The Morgan fingerprint density at radius 2 is 1.38 bits per heavy atom. The van der Waals surface area contributed by atoms with Gasteiger partial charge in [0.15, 0.2) is 11.5 Å². The zero-order chi connectivity index (χ0) is 30.1. The van der Waals surface area contributed by atoms with E-state index in [4.69, 9.17) is 29.4 Å². The zero-order valence-corrected chi connectivity index (χ0v) is 24.4. The van der Waals surface area contributed by atoms with Crippen molar-refractivity contribution in [2.45, 2.75) is 98.3 Å². The van der Waals surface area contributed by atoms with Crippen LogP contribution >= 0.6 is 0 Å². The van der Waals surface area contributed by atoms with Crippen molar-refractivity contribution >= 4 is 24.2 Å². The van der Waals surface area contributed by atoms with Gasteiger partial charge in [-0.05, 0) is 77.5 Å². The first-order valence-electron chi connectivity index (χ1n) is 12.9. The van der Waals surface area contributed by atoms with Gasteiger partial charge in [-0.15, -0.1) is 0 Å². The molecule has 0 aromatic heterocycles. The Morgan fingerprint density at radius 3 is 1.85 bits per heavy atom. The van der Waals surface area contributed by atoms with Gasteiger partial charge in [-0.1, -0.05) is 26.8 Å². The summed E-state index contributed by atoms with van der Waals surface area (Å²) in [6.07, 6.45) is -1.20. The number of carbonyl (C=O) groups is 4. The molecule has 11 nitrogen and oxygen atoms in total. The van der Waals surface area contributed by atoms with Crippen molar-refractivity contribution in [1.82, 2.24) is 0 Å². The molecule has 0 aliphatic heterocycles. The molecule has 0 aliphatic carbocycles. The van der Waals surface area contributed by atoms with Gasteiger partial charge in [0.2, 0.25) is 0 Å². The van der Waals surface area contributed by atoms with Gasteiger partial charge in [-0.2, -0.15) is 0 Å². The molecule has 0 amide bonds. The Morgan fingerprint density at radius 1 is 0.872 bits per heavy atom. The van der Waals surface area contributed by atoms with Gasteiger partial charge in [0.1, 0.15) is 17.2 Å². The van der Waals surface area contributed by atoms with Crippen LogP contribution in [0.15, 0.2) is 18.2 Å². The van der Waals surface area contributed by atoms with Crippen LogP contribution in [-0.4, -0.2) is 53.2 Å². The molecule has 3 atom stereocenters. The number of aliphatic carboxylic acids is 1. The number of carbonyl (C=O) groups excluding carboxylic acids is 3. The third-order valence-electron chi connectivity index (χ3n) is 5.24. The van der Waals surface area contributed by atoms with Crippen LogP contribution in [-0.2, 0) is 23.8 Å². The van der Waals surface area contributed by atoms with Crippen molar-refractivity contribution in [2.75, 3.05) is 6.61 Å². The van der Waals surface area contributed by atoms with E-state index in [2.05, 4.69) is 0 Å². The van der Waals surface area contributed by atoms with E-state index in [-0.39, 0.29) is 24.5 Å². The zero-order valence-electron chi connectivity index (χ0n) is 24.4. The third kappa shape index (κ3) is 12.8. The molecule has 2 unspecified atom stereocenters. The number of hydrogen-bond donors (Lipinski definition) is 2. The predicted octanol–water partition coefficient (Wildman–Crippen LogP) is 5.43. The average molecular weight is 554 g/mol. The first kappa shape index (κ1) is 33.7. The molecular weight excluding hydrogens is 510 g/mol. The van der Waals surface area contributed by atoms with Crippen LogP contribution in [0.25, 0.3) is 0 Å². The van der Waals surface area contributed by atoms with Crippen LogP contribution in [0.5, 0.6) is 11.5 Å². The molecule has 0 saturated carbocycles. The lowest BCUT2D eigenvalue weighted by Gasteiger charge is -2.28. The van der Waals surface area contributed by atoms with Gasteiger partial charge in [-0.3, -0.25) is 9.59 Å². The largest absolute Gasteiger partial charge is 0.514 e. The summed E-state index contributed by atoms with van der Waals surface area (Å²) in [5, 5.41) is 9.69. The van der Waals surface area contributed by atoms with Crippen molar-refractivity contribution in [3.8, 4) is 11.5 Å². The summed E-state index contributed by atoms with van der Waals surface area (Å²) in [7, 11) is 0. The molecule has 3 N–H and O–H groups in total. The second-order valence-electron chi connectivity index (χ2n) is 11.8. The fourth-order valence-electron chi connectivity index (χ4n) is 3.47. The average Bonchev–Trinajstić information content (AvgIpc) is 2.75. The summed E-state index contributed by atoms with van der Waals surface area (Å²) in [5.74, 6) is -3.11. The molecule has 0 aliphatic rings. The lowest BCUT2D eigenvalue weighted by atomic mass is 9.82. The summed E-state index contributed by atoms with van der Waals surface area (Å²) in [5.41, 5.74) is 4.68. The van der Waals surface area contributed by atoms with Gasteiger partial charge in [0.25, 0.3) is 0 Å². The summed E-state index contributed by atoms with van der Waals surface area (Å²) in [6.45, 7) is 15.5. The van der Waals surface area contributed by atoms with E-state index in [1.165, 1.54) is 18.2 Å². The Hall–Kier alpha value is -3.34. The summed E-state index contributed by atoms with van der Waals surface area (Å²) < 4.78 is 26.4. The second kappa shape index (κ2) is 14.2. The topological polar surface area (TPSA) is 161 Å². The quantitative estimate of drug-likeness (QED) is 0.204. The van der Waals surface area contributed by atoms with Crippen LogP contribution in [0, 0.1) is 11.8 Å². The summed E-state index contributed by atoms with van der Waals surface area (Å²) in [6, 6.07) is 2.78. The minimum Gasteiger partial charge on any atom is -0.480 e. The van der Waals surface area contributed by atoms with E-state index in [0.717, 1.165) is 0 Å². The molecule has 0 heterocycles. The summed E-state index contributed by atoms with van der Waals surface area (Å²) in [4.78, 5) is 48.8. The number of ether oxygens (including phenoxy) is 5. The number of esters is 1. The van der Waals surface area contributed by atoms with Gasteiger partial charge in [0, 0.05) is 12.3 Å². The minimum atomic E-state index is -1.39. The van der Waals surface area contributed by atoms with E-state index in [1.807, 2.05) is 13.8 Å². The first-order chi connectivity index (χ1) is 17.8. The molecule has 1 rings (SSSR count). The molecule has 220 valence electrons. The third-order valence-corrected chi connectivity index (χ3v) is 5.24. The van der Waals surface area contributed by atoms with E-state index < -0.39 is 53.3 Å². The van der Waals surface area contributed by atoms with E-state index in [9.17, 15) is 24.3 Å². The smallest absolute Gasteiger partial charge is 0.480 e. The standard InChI is InChI=1S/C28H43NO10/c1-16(2)10-13-21(30)35-15-17(3)22(23(29)24(31)32)18-11-12-19(36-25(33)38-27(4,5)6)20(14-18)37-26(34)39-28(7,8)9/h11-12,14,16-17,22-23H,10,13,15,29H2,1-9H3,(H,31,32)/t17?,22?,23-/m0/s1. The van der Waals surface area contributed by atoms with Crippen molar-refractivity contribution in [1.29, 1.82) is 0 Å². The van der Waals surface area contributed by atoms with Crippen LogP contribution in [0.4, 0.5) is 9.59 Å². The Bertz CT molecular complexity index is 1010. The van der Waals surface area contributed by atoms with Gasteiger partial charge in [-0.25, -0.2) is 9.59 Å². The van der Waals surface area contributed by atoms with E-state index in [1.54, 1.807) is 48.5 Å². The highest BCUT2D eigenvalue weighted by atomic mass is 16.8. The number of hydrogen-bond acceptors (Lipinski definition) is 10. The number of benzene rings is 1. The highest BCUT2D eigenvalue weighted by Crippen LogP contribution is 2.36. The molecular formula is C28H43NO10. The fourth-order valence-corrected chi connectivity index (χ4v) is 3.47. The van der Waals surface area contributed by atoms with Gasteiger partial charge >= 0.3 is 24.2 Å². The number of nitrogens with two attached hydrogens (primary N) is 1. The molecule has 0 spiro atoms. The summed E-state index contributed by atoms with van der Waals surface area (Å²) >= 11 is 0. The fraction of sp³-hybridized carbons (Fsp3) is 0.643. The van der Waals surface area contributed by atoms with Crippen molar-refractivity contribution in [2.24, 2.45) is 17.6 Å². The maximum atomic E-state index is 12.4. The van der Waals surface area contributed by atoms with E-state index in [0.29, 0.717) is 17.9 Å². The number of rotatable bonds is 11. The maximum Gasteiger partial charge on any atom is 0.514 e. The van der Waals surface area contributed by atoms with Crippen molar-refractivity contribution in [3.63, 3.8) is 0 Å². The Kier molecular flexibility index (Phi) is 12.2. The highest BCUT2D eigenvalue weighted by Gasteiger charge is 2.33. The highest BCUT2D eigenvalue weighted by molar-refractivity contribution is 5.75. The minimum absolute atomic E-state index is 0.0823. The normalized spacial score (nSPS) is 14.1. The number of carboxylic acids is 1. The van der Waals surface area contributed by atoms with Crippen LogP contribution in [0.2, 0.25) is 0 Å². The molecule has 1 aromatic rings. The number of carboxylic acid groups (broad SMARTS) is 1. The van der Waals surface area contributed by atoms with Crippen LogP contribution in [0.3, 0.4) is 0 Å². The van der Waals surface area contributed by atoms with Crippen molar-refractivity contribution < 1.29 is 48.0 Å². The molecule has 11 heteroatoms. The van der Waals surface area contributed by atoms with E-state index >= 15 is 0 Å². The molecule has 0 bridgehead atoms. The van der Waals surface area contributed by atoms with Gasteiger partial charge in [0.05, 0.1) is 6.61 Å². The lowest BCUT2D eigenvalue weighted by molar-refractivity contribution is -0.145. The van der Waals surface area contributed by atoms with Crippen LogP contribution < -0.4 is 15.2 Å².